The number of hydrogen-bond donors (Lipinski definition) is 3. The van der Waals surface area contributed by atoms with E-state index in [1.54, 1.807) is 0 Å². The fourth-order valence-electron chi connectivity index (χ4n) is 2.10. The first kappa shape index (κ1) is 8.44. The van der Waals surface area contributed by atoms with Crippen molar-refractivity contribution >= 4 is 0 Å². The van der Waals surface area contributed by atoms with Crippen LogP contribution in [-0.2, 0) is 4.74 Å². The van der Waals surface area contributed by atoms with Crippen LogP contribution in [0.1, 0.15) is 12.8 Å². The molecule has 0 aliphatic carbocycles. The van der Waals surface area contributed by atoms with Gasteiger partial charge >= 0.3 is 0 Å². The Morgan fingerprint density at radius 3 is 2.42 bits per heavy atom. The number of aliphatic hydroxyl groups excluding tert-OH is 2. The molecule has 2 fully saturated rings. The van der Waals surface area contributed by atoms with E-state index in [1.165, 1.54) is 0 Å². The van der Waals surface area contributed by atoms with Crippen LogP contribution in [0.3, 0.4) is 0 Å². The first-order chi connectivity index (χ1) is 5.75. The Morgan fingerprint density at radius 1 is 1.25 bits per heavy atom. The van der Waals surface area contributed by atoms with Crippen molar-refractivity contribution in [1.82, 2.24) is 5.32 Å². The lowest BCUT2D eigenvalue weighted by molar-refractivity contribution is -0.0382. The molecule has 0 saturated carbocycles. The molecule has 70 valence electrons. The Labute approximate surface area is 71.5 Å². The van der Waals surface area contributed by atoms with Crippen LogP contribution in [0.15, 0.2) is 0 Å². The van der Waals surface area contributed by atoms with Crippen LogP contribution in [0.4, 0.5) is 0 Å². The number of hydrogen-bond acceptors (Lipinski definition) is 4. The summed E-state index contributed by atoms with van der Waals surface area (Å²) < 4.78 is 5.21. The van der Waals surface area contributed by atoms with Crippen LogP contribution in [0.2, 0.25) is 0 Å². The van der Waals surface area contributed by atoms with Gasteiger partial charge in [0.05, 0.1) is 17.7 Å². The Kier molecular flexibility index (Phi) is 2.08. The third kappa shape index (κ3) is 1.15. The summed E-state index contributed by atoms with van der Waals surface area (Å²) in [5, 5.41) is 22.3. The Morgan fingerprint density at radius 2 is 1.92 bits per heavy atom. The number of rotatable bonds is 0. The number of ether oxygens (including phenoxy) is 1. The third-order valence-corrected chi connectivity index (χ3v) is 2.98. The molecule has 0 amide bonds. The first-order valence-electron chi connectivity index (χ1n) is 4.43. The van der Waals surface area contributed by atoms with Gasteiger partial charge in [0.25, 0.3) is 0 Å². The van der Waals surface area contributed by atoms with E-state index in [2.05, 4.69) is 5.32 Å². The molecule has 12 heavy (non-hydrogen) atoms. The predicted octanol–water partition coefficient (Wildman–Crippen LogP) is -1.14. The zero-order chi connectivity index (χ0) is 8.60. The highest BCUT2D eigenvalue weighted by molar-refractivity contribution is 5.05. The molecule has 2 rings (SSSR count). The molecule has 4 heteroatoms. The summed E-state index contributed by atoms with van der Waals surface area (Å²) in [6.45, 7) is 1.86. The van der Waals surface area contributed by atoms with Crippen LogP contribution in [-0.4, -0.2) is 47.7 Å². The van der Waals surface area contributed by atoms with E-state index in [9.17, 15) is 10.2 Å². The minimum atomic E-state index is -0.624. The molecule has 4 nitrogen and oxygen atoms in total. The Balaban J connectivity index is 2.09. The highest BCUT2D eigenvalue weighted by Gasteiger charge is 2.47. The van der Waals surface area contributed by atoms with E-state index >= 15 is 0 Å². The maximum atomic E-state index is 9.70. The molecular weight excluding hydrogens is 158 g/mol. The molecule has 0 aromatic heterocycles. The highest BCUT2D eigenvalue weighted by atomic mass is 16.5. The van der Waals surface area contributed by atoms with Gasteiger partial charge in [-0.2, -0.15) is 0 Å². The smallest absolute Gasteiger partial charge is 0.0994 e. The van der Waals surface area contributed by atoms with Crippen LogP contribution in [0, 0.1) is 0 Å². The highest BCUT2D eigenvalue weighted by Crippen LogP contribution is 2.30. The maximum Gasteiger partial charge on any atom is 0.0994 e. The van der Waals surface area contributed by atoms with Crippen molar-refractivity contribution in [2.45, 2.75) is 30.6 Å². The van der Waals surface area contributed by atoms with Crippen molar-refractivity contribution in [1.29, 1.82) is 0 Å². The zero-order valence-corrected chi connectivity index (χ0v) is 6.99. The quantitative estimate of drug-likeness (QED) is 0.433. The lowest BCUT2D eigenvalue weighted by Gasteiger charge is -2.36. The molecule has 0 aromatic rings. The summed E-state index contributed by atoms with van der Waals surface area (Å²) in [5.74, 6) is 0. The molecule has 2 saturated heterocycles. The van der Waals surface area contributed by atoms with Crippen molar-refractivity contribution in [2.24, 2.45) is 0 Å². The second-order valence-electron chi connectivity index (χ2n) is 3.66. The lowest BCUT2D eigenvalue weighted by atomic mass is 9.85. The molecule has 0 aromatic carbocycles. The van der Waals surface area contributed by atoms with Crippen LogP contribution in [0.25, 0.3) is 0 Å². The number of β-amino-alcohol motifs (C(OH)–C–C–N with tert-alkyl or cyclic N) is 1. The fraction of sp³-hybridized carbons (Fsp3) is 1.00. The molecule has 3 N–H and O–H groups in total. The SMILES string of the molecule is O[C@@H]1CNC2(CCOCC2)[C@@H]1O. The fourth-order valence-corrected chi connectivity index (χ4v) is 2.10. The van der Waals surface area contributed by atoms with Gasteiger partial charge in [-0.15, -0.1) is 0 Å². The second-order valence-corrected chi connectivity index (χ2v) is 3.66. The summed E-state index contributed by atoms with van der Waals surface area (Å²) in [6.07, 6.45) is 0.362. The summed E-state index contributed by atoms with van der Waals surface area (Å²) >= 11 is 0. The monoisotopic (exact) mass is 173 g/mol. The van der Waals surface area contributed by atoms with Crippen LogP contribution in [0.5, 0.6) is 0 Å². The van der Waals surface area contributed by atoms with Crippen molar-refractivity contribution < 1.29 is 14.9 Å². The Bertz CT molecular complexity index is 162. The van der Waals surface area contributed by atoms with E-state index in [4.69, 9.17) is 4.74 Å². The standard InChI is InChI=1S/C8H15NO3/c10-6-5-9-8(7(6)11)1-3-12-4-2-8/h6-7,9-11H,1-5H2/t6-,7-/m1/s1. The minimum Gasteiger partial charge on any atom is -0.389 e. The molecule has 0 bridgehead atoms. The van der Waals surface area contributed by atoms with Gasteiger partial charge in [-0.25, -0.2) is 0 Å². The van der Waals surface area contributed by atoms with Crippen molar-refractivity contribution in [3.8, 4) is 0 Å². The molecule has 2 aliphatic heterocycles. The molecule has 2 aliphatic rings. The second kappa shape index (κ2) is 2.96. The van der Waals surface area contributed by atoms with E-state index < -0.39 is 12.2 Å². The topological polar surface area (TPSA) is 61.7 Å². The van der Waals surface area contributed by atoms with Gasteiger partial charge in [-0.05, 0) is 12.8 Å². The van der Waals surface area contributed by atoms with Gasteiger partial charge in [0.15, 0.2) is 0 Å². The summed E-state index contributed by atoms with van der Waals surface area (Å²) in [7, 11) is 0. The summed E-state index contributed by atoms with van der Waals surface area (Å²) in [5.41, 5.74) is -0.266. The lowest BCUT2D eigenvalue weighted by Crippen LogP contribution is -2.52. The van der Waals surface area contributed by atoms with Gasteiger partial charge in [0.1, 0.15) is 0 Å². The van der Waals surface area contributed by atoms with Gasteiger partial charge in [0.2, 0.25) is 0 Å². The van der Waals surface area contributed by atoms with Crippen molar-refractivity contribution in [3.05, 3.63) is 0 Å². The normalized spacial score (nSPS) is 40.5. The van der Waals surface area contributed by atoms with Gasteiger partial charge in [-0.3, -0.25) is 0 Å². The van der Waals surface area contributed by atoms with E-state index in [0.717, 1.165) is 12.8 Å². The molecule has 2 heterocycles. The maximum absolute atomic E-state index is 9.70. The van der Waals surface area contributed by atoms with Gasteiger partial charge < -0.3 is 20.3 Å². The minimum absolute atomic E-state index is 0.266. The van der Waals surface area contributed by atoms with Gasteiger partial charge in [0, 0.05) is 19.8 Å². The number of nitrogens with one attached hydrogen (secondary N) is 1. The molecule has 0 unspecified atom stereocenters. The van der Waals surface area contributed by atoms with Crippen LogP contribution >= 0.6 is 0 Å². The average molecular weight is 173 g/mol. The van der Waals surface area contributed by atoms with E-state index in [-0.39, 0.29) is 5.54 Å². The molecule has 1 spiro atoms. The van der Waals surface area contributed by atoms with Gasteiger partial charge in [-0.1, -0.05) is 0 Å². The molecule has 0 radical (unpaired) electrons. The third-order valence-electron chi connectivity index (χ3n) is 2.98. The first-order valence-corrected chi connectivity index (χ1v) is 4.43. The van der Waals surface area contributed by atoms with Crippen molar-refractivity contribution in [3.63, 3.8) is 0 Å². The van der Waals surface area contributed by atoms with Crippen LogP contribution < -0.4 is 5.32 Å². The summed E-state index contributed by atoms with van der Waals surface area (Å²) in [6, 6.07) is 0. The Hall–Kier alpha value is -0.160. The average Bonchev–Trinajstić information content (AvgIpc) is 2.37. The van der Waals surface area contributed by atoms with E-state index in [0.29, 0.717) is 19.8 Å². The number of aliphatic hydroxyl groups is 2. The van der Waals surface area contributed by atoms with Crippen molar-refractivity contribution in [2.75, 3.05) is 19.8 Å². The summed E-state index contributed by atoms with van der Waals surface area (Å²) in [4.78, 5) is 0. The molecule has 2 atom stereocenters. The largest absolute Gasteiger partial charge is 0.389 e. The van der Waals surface area contributed by atoms with E-state index in [1.807, 2.05) is 0 Å². The zero-order valence-electron chi connectivity index (χ0n) is 6.99. The molecular formula is C8H15NO3. The predicted molar refractivity (Wildman–Crippen MR) is 42.8 cm³/mol.